The number of hydrazone groups is 1. The van der Waals surface area contributed by atoms with Crippen LogP contribution in [0.3, 0.4) is 0 Å². The Balaban J connectivity index is 1.15. The predicted octanol–water partition coefficient (Wildman–Crippen LogP) is 7.51. The molecule has 0 saturated carbocycles. The van der Waals surface area contributed by atoms with E-state index in [1.165, 1.54) is 22.4 Å². The molecule has 7 heteroatoms. The van der Waals surface area contributed by atoms with Crippen LogP contribution in [0, 0.1) is 0 Å². The smallest absolute Gasteiger partial charge is 0.255 e. The summed E-state index contributed by atoms with van der Waals surface area (Å²) >= 11 is 1.48. The first-order valence-electron chi connectivity index (χ1n) is 12.6. The average molecular weight is 528 g/mol. The Morgan fingerprint density at radius 1 is 0.897 bits per heavy atom. The second-order valence-corrected chi connectivity index (χ2v) is 9.88. The Morgan fingerprint density at radius 2 is 1.67 bits per heavy atom. The molecular formula is C32H25N5OS. The van der Waals surface area contributed by atoms with Crippen molar-refractivity contribution in [1.82, 2.24) is 9.55 Å². The fourth-order valence-corrected chi connectivity index (χ4v) is 5.12. The summed E-state index contributed by atoms with van der Waals surface area (Å²) < 4.78 is 2.25. The van der Waals surface area contributed by atoms with Crippen molar-refractivity contribution in [2.24, 2.45) is 5.10 Å². The van der Waals surface area contributed by atoms with E-state index in [1.54, 1.807) is 12.1 Å². The molecule has 0 aliphatic heterocycles. The largest absolute Gasteiger partial charge is 0.342 e. The molecule has 6 aromatic rings. The van der Waals surface area contributed by atoms with Gasteiger partial charge in [-0.15, -0.1) is 11.3 Å². The lowest BCUT2D eigenvalue weighted by Crippen LogP contribution is -2.11. The maximum atomic E-state index is 12.5. The van der Waals surface area contributed by atoms with Gasteiger partial charge in [0.25, 0.3) is 5.91 Å². The van der Waals surface area contributed by atoms with E-state index >= 15 is 0 Å². The Bertz CT molecular complexity index is 1760. The summed E-state index contributed by atoms with van der Waals surface area (Å²) in [6, 6.07) is 35.6. The van der Waals surface area contributed by atoms with E-state index in [2.05, 4.69) is 74.1 Å². The van der Waals surface area contributed by atoms with Crippen molar-refractivity contribution in [3.63, 3.8) is 0 Å². The Hall–Kier alpha value is -5.01. The van der Waals surface area contributed by atoms with Gasteiger partial charge in [-0.1, -0.05) is 78.9 Å². The zero-order chi connectivity index (χ0) is 26.4. The van der Waals surface area contributed by atoms with Gasteiger partial charge in [-0.05, 0) is 35.9 Å². The number of thiazole rings is 1. The van der Waals surface area contributed by atoms with E-state index in [0.717, 1.165) is 28.8 Å². The van der Waals surface area contributed by atoms with Crippen LogP contribution in [0.2, 0.25) is 0 Å². The minimum atomic E-state index is -0.146. The fraction of sp³-hybridized carbons (Fsp3) is 0.0312. The molecule has 1 amide bonds. The van der Waals surface area contributed by atoms with Crippen LogP contribution in [0.4, 0.5) is 10.8 Å². The number of carbonyl (C=O) groups excluding carboxylic acids is 1. The zero-order valence-corrected chi connectivity index (χ0v) is 21.8. The number of nitrogens with zero attached hydrogens (tertiary/aromatic N) is 3. The molecule has 0 bridgehead atoms. The maximum Gasteiger partial charge on any atom is 0.255 e. The van der Waals surface area contributed by atoms with Crippen molar-refractivity contribution in [3.8, 4) is 11.3 Å². The highest BCUT2D eigenvalue weighted by atomic mass is 32.1. The summed E-state index contributed by atoms with van der Waals surface area (Å²) in [6.07, 6.45) is 3.97. The minimum Gasteiger partial charge on any atom is -0.342 e. The third kappa shape index (κ3) is 5.63. The Kier molecular flexibility index (Phi) is 6.97. The summed E-state index contributed by atoms with van der Waals surface area (Å²) in [5, 5.41) is 11.2. The zero-order valence-electron chi connectivity index (χ0n) is 21.0. The van der Waals surface area contributed by atoms with Crippen molar-refractivity contribution in [3.05, 3.63) is 137 Å². The van der Waals surface area contributed by atoms with Gasteiger partial charge in [0.05, 0.1) is 11.9 Å². The quantitative estimate of drug-likeness (QED) is 0.159. The summed E-state index contributed by atoms with van der Waals surface area (Å²) in [5.41, 5.74) is 9.58. The van der Waals surface area contributed by atoms with Gasteiger partial charge in [-0.2, -0.15) is 5.10 Å². The molecule has 6 rings (SSSR count). The molecule has 4 aromatic carbocycles. The molecule has 0 radical (unpaired) electrons. The lowest BCUT2D eigenvalue weighted by Gasteiger charge is -2.06. The highest BCUT2D eigenvalue weighted by Gasteiger charge is 2.10. The first kappa shape index (κ1) is 24.3. The lowest BCUT2D eigenvalue weighted by atomic mass is 10.1. The average Bonchev–Trinajstić information content (AvgIpc) is 3.60. The van der Waals surface area contributed by atoms with Crippen LogP contribution in [0.25, 0.3) is 22.2 Å². The highest BCUT2D eigenvalue weighted by molar-refractivity contribution is 7.14. The highest BCUT2D eigenvalue weighted by Crippen LogP contribution is 2.27. The number of rotatable bonds is 8. The molecular weight excluding hydrogens is 502 g/mol. The number of anilines is 2. The molecule has 2 N–H and O–H groups in total. The standard InChI is InChI=1S/C32H25N5OS/c38-31(24-12-5-2-6-13-24)34-27-15-9-14-25(18-27)29-22-39-32(35-29)36-33-19-26-21-37(20-23-10-3-1-4-11-23)30-17-8-7-16-28(26)30/h1-19,21-22H,20H2,(H,34,38)(H,35,36)/b33-19+. The summed E-state index contributed by atoms with van der Waals surface area (Å²) in [4.78, 5) is 17.2. The second kappa shape index (κ2) is 11.2. The molecule has 6 nitrogen and oxygen atoms in total. The van der Waals surface area contributed by atoms with Crippen molar-refractivity contribution >= 4 is 45.2 Å². The number of hydrogen-bond donors (Lipinski definition) is 2. The minimum absolute atomic E-state index is 0.146. The number of fused-ring (bicyclic) bond motifs is 1. The van der Waals surface area contributed by atoms with E-state index in [-0.39, 0.29) is 5.91 Å². The van der Waals surface area contributed by atoms with Crippen LogP contribution in [-0.4, -0.2) is 21.7 Å². The number of carbonyl (C=O) groups is 1. The third-order valence-electron chi connectivity index (χ3n) is 6.34. The van der Waals surface area contributed by atoms with Crippen LogP contribution in [0.5, 0.6) is 0 Å². The maximum absolute atomic E-state index is 12.5. The second-order valence-electron chi connectivity index (χ2n) is 9.02. The lowest BCUT2D eigenvalue weighted by molar-refractivity contribution is 0.102. The van der Waals surface area contributed by atoms with E-state index in [0.29, 0.717) is 16.4 Å². The monoisotopic (exact) mass is 527 g/mol. The van der Waals surface area contributed by atoms with E-state index in [1.807, 2.05) is 66.2 Å². The summed E-state index contributed by atoms with van der Waals surface area (Å²) in [6.45, 7) is 0.795. The van der Waals surface area contributed by atoms with E-state index in [9.17, 15) is 4.79 Å². The molecule has 0 aliphatic carbocycles. The third-order valence-corrected chi connectivity index (χ3v) is 7.08. The normalized spacial score (nSPS) is 11.2. The number of nitrogens with one attached hydrogen (secondary N) is 2. The van der Waals surface area contributed by atoms with Crippen LogP contribution in [-0.2, 0) is 6.54 Å². The van der Waals surface area contributed by atoms with Gasteiger partial charge < -0.3 is 9.88 Å². The van der Waals surface area contributed by atoms with Crippen LogP contribution >= 0.6 is 11.3 Å². The topological polar surface area (TPSA) is 71.3 Å². The van der Waals surface area contributed by atoms with Crippen molar-refractivity contribution in [2.45, 2.75) is 6.54 Å². The molecule has 0 saturated heterocycles. The number of hydrogen-bond acceptors (Lipinski definition) is 5. The van der Waals surface area contributed by atoms with E-state index < -0.39 is 0 Å². The first-order valence-corrected chi connectivity index (χ1v) is 13.4. The molecule has 2 heterocycles. The fourth-order valence-electron chi connectivity index (χ4n) is 4.45. The molecule has 0 aliphatic rings. The molecule has 0 fully saturated rings. The molecule has 190 valence electrons. The Labute approximate surface area is 230 Å². The Morgan fingerprint density at radius 3 is 2.51 bits per heavy atom. The van der Waals surface area contributed by atoms with Gasteiger partial charge in [-0.3, -0.25) is 10.2 Å². The molecule has 2 aromatic heterocycles. The molecule has 0 atom stereocenters. The van der Waals surface area contributed by atoms with Crippen molar-refractivity contribution < 1.29 is 4.79 Å². The predicted molar refractivity (Wildman–Crippen MR) is 161 cm³/mol. The van der Waals surface area contributed by atoms with Crippen molar-refractivity contribution in [1.29, 1.82) is 0 Å². The van der Waals surface area contributed by atoms with Gasteiger partial charge in [0.15, 0.2) is 0 Å². The van der Waals surface area contributed by atoms with Crippen LogP contribution in [0.1, 0.15) is 21.5 Å². The van der Waals surface area contributed by atoms with Crippen molar-refractivity contribution in [2.75, 3.05) is 10.7 Å². The van der Waals surface area contributed by atoms with Gasteiger partial charge in [0.2, 0.25) is 5.13 Å². The van der Waals surface area contributed by atoms with Gasteiger partial charge >= 0.3 is 0 Å². The summed E-state index contributed by atoms with van der Waals surface area (Å²) in [5.74, 6) is -0.146. The first-order chi connectivity index (χ1) is 19.2. The molecule has 0 spiro atoms. The number of para-hydroxylation sites is 1. The van der Waals surface area contributed by atoms with Gasteiger partial charge in [-0.25, -0.2) is 4.98 Å². The molecule has 39 heavy (non-hydrogen) atoms. The molecule has 0 unspecified atom stereocenters. The van der Waals surface area contributed by atoms with Gasteiger partial charge in [0.1, 0.15) is 0 Å². The summed E-state index contributed by atoms with van der Waals surface area (Å²) in [7, 11) is 0. The number of benzene rings is 4. The van der Waals surface area contributed by atoms with Gasteiger partial charge in [0, 0.05) is 51.4 Å². The van der Waals surface area contributed by atoms with Crippen LogP contribution in [0.15, 0.2) is 126 Å². The number of aromatic nitrogens is 2. The number of amides is 1. The SMILES string of the molecule is O=C(Nc1cccc(-c2csc(N/N=C/c3cn(Cc4ccccc4)c4ccccc34)n2)c1)c1ccccc1. The van der Waals surface area contributed by atoms with Crippen LogP contribution < -0.4 is 10.7 Å². The van der Waals surface area contributed by atoms with E-state index in [4.69, 9.17) is 0 Å².